The number of thiophene rings is 1. The van der Waals surface area contributed by atoms with Crippen LogP contribution in [0.4, 0.5) is 13.2 Å². The highest BCUT2D eigenvalue weighted by molar-refractivity contribution is 7.10. The summed E-state index contributed by atoms with van der Waals surface area (Å²) in [7, 11) is 0. The lowest BCUT2D eigenvalue weighted by molar-refractivity contribution is -0.137. The molecule has 0 spiro atoms. The van der Waals surface area contributed by atoms with Crippen molar-refractivity contribution in [2.45, 2.75) is 18.7 Å². The molecule has 0 fully saturated rings. The molecule has 1 aromatic carbocycles. The predicted octanol–water partition coefficient (Wildman–Crippen LogP) is 3.62. The molecule has 22 heavy (non-hydrogen) atoms. The number of amides is 1. The molecule has 1 amide bonds. The summed E-state index contributed by atoms with van der Waals surface area (Å²) < 4.78 is 37.3. The third-order valence-electron chi connectivity index (χ3n) is 3.05. The molecule has 2 N–H and O–H groups in total. The minimum absolute atomic E-state index is 0.151. The maximum Gasteiger partial charge on any atom is 0.416 e. The Labute approximate surface area is 129 Å². The van der Waals surface area contributed by atoms with Gasteiger partial charge in [-0.25, -0.2) is 0 Å². The zero-order valence-electron chi connectivity index (χ0n) is 11.4. The molecular weight excluding hydrogens is 315 g/mol. The van der Waals surface area contributed by atoms with Crippen LogP contribution in [-0.4, -0.2) is 17.6 Å². The molecule has 0 saturated carbocycles. The average Bonchev–Trinajstić information content (AvgIpc) is 3.00. The molecule has 0 aliphatic carbocycles. The number of aliphatic hydroxyl groups is 1. The Hall–Kier alpha value is -1.86. The zero-order chi connectivity index (χ0) is 16.2. The van der Waals surface area contributed by atoms with Crippen LogP contribution in [0.5, 0.6) is 0 Å². The molecule has 1 atom stereocenters. The Balaban J connectivity index is 1.85. The third kappa shape index (κ3) is 4.32. The number of carbonyl (C=O) groups excluding carboxylic acids is 1. The number of halogens is 3. The molecule has 7 heteroatoms. The number of benzene rings is 1. The Morgan fingerprint density at radius 3 is 2.45 bits per heavy atom. The van der Waals surface area contributed by atoms with E-state index in [9.17, 15) is 23.1 Å². The van der Waals surface area contributed by atoms with Gasteiger partial charge < -0.3 is 10.4 Å². The molecule has 1 unspecified atom stereocenters. The van der Waals surface area contributed by atoms with Gasteiger partial charge in [-0.2, -0.15) is 13.2 Å². The van der Waals surface area contributed by atoms with Gasteiger partial charge in [-0.15, -0.1) is 11.3 Å². The van der Waals surface area contributed by atoms with Crippen LogP contribution in [0.2, 0.25) is 0 Å². The van der Waals surface area contributed by atoms with E-state index in [2.05, 4.69) is 5.32 Å². The Bertz CT molecular complexity index is 609. The van der Waals surface area contributed by atoms with Gasteiger partial charge in [-0.1, -0.05) is 6.07 Å². The van der Waals surface area contributed by atoms with Crippen LogP contribution in [0.15, 0.2) is 41.8 Å². The lowest BCUT2D eigenvalue weighted by atomic mass is 10.1. The van der Waals surface area contributed by atoms with Crippen LogP contribution >= 0.6 is 11.3 Å². The van der Waals surface area contributed by atoms with Gasteiger partial charge in [0.1, 0.15) is 0 Å². The maximum absolute atomic E-state index is 12.4. The molecule has 0 radical (unpaired) electrons. The number of alkyl halides is 3. The second-order valence-corrected chi connectivity index (χ2v) is 5.63. The molecule has 1 heterocycles. The van der Waals surface area contributed by atoms with Crippen molar-refractivity contribution >= 4 is 17.2 Å². The van der Waals surface area contributed by atoms with E-state index in [-0.39, 0.29) is 12.1 Å². The molecule has 0 aliphatic rings. The summed E-state index contributed by atoms with van der Waals surface area (Å²) in [4.78, 5) is 12.6. The standard InChI is InChI=1S/C15H14F3NO2S/c16-15(17,18)11-5-3-10(4-6-11)14(21)19-8-7-12(20)13-2-1-9-22-13/h1-6,9,12,20H,7-8H2,(H,19,21). The first-order valence-corrected chi connectivity index (χ1v) is 7.43. The minimum Gasteiger partial charge on any atom is -0.388 e. The van der Waals surface area contributed by atoms with Gasteiger partial charge >= 0.3 is 6.18 Å². The second-order valence-electron chi connectivity index (χ2n) is 4.65. The molecule has 0 saturated heterocycles. The summed E-state index contributed by atoms with van der Waals surface area (Å²) in [5.74, 6) is -0.466. The molecule has 3 nitrogen and oxygen atoms in total. The van der Waals surface area contributed by atoms with Gasteiger partial charge in [0.25, 0.3) is 5.91 Å². The Morgan fingerprint density at radius 1 is 1.23 bits per heavy atom. The second kappa shape index (κ2) is 6.93. The first-order valence-electron chi connectivity index (χ1n) is 6.55. The van der Waals surface area contributed by atoms with E-state index in [1.54, 1.807) is 6.07 Å². The molecule has 2 rings (SSSR count). The topological polar surface area (TPSA) is 49.3 Å². The largest absolute Gasteiger partial charge is 0.416 e. The summed E-state index contributed by atoms with van der Waals surface area (Å²) in [5.41, 5.74) is -0.643. The van der Waals surface area contributed by atoms with E-state index in [1.807, 2.05) is 11.4 Å². The van der Waals surface area contributed by atoms with Crippen LogP contribution in [0, 0.1) is 0 Å². The van der Waals surface area contributed by atoms with Crippen LogP contribution in [0.25, 0.3) is 0 Å². The summed E-state index contributed by atoms with van der Waals surface area (Å²) in [6, 6.07) is 7.63. The number of rotatable bonds is 5. The van der Waals surface area contributed by atoms with Crippen molar-refractivity contribution in [3.05, 3.63) is 57.8 Å². The van der Waals surface area contributed by atoms with E-state index >= 15 is 0 Å². The van der Waals surface area contributed by atoms with Crippen LogP contribution < -0.4 is 5.32 Å². The van der Waals surface area contributed by atoms with Gasteiger partial charge in [0, 0.05) is 17.0 Å². The SMILES string of the molecule is O=C(NCCC(O)c1cccs1)c1ccc(C(F)(F)F)cc1. The van der Waals surface area contributed by atoms with Gasteiger partial charge in [0.2, 0.25) is 0 Å². The first kappa shape index (κ1) is 16.5. The first-order chi connectivity index (χ1) is 10.4. The van der Waals surface area contributed by atoms with Crippen molar-refractivity contribution in [1.29, 1.82) is 0 Å². The smallest absolute Gasteiger partial charge is 0.388 e. The number of hydrogen-bond acceptors (Lipinski definition) is 3. The minimum atomic E-state index is -4.42. The summed E-state index contributed by atoms with van der Waals surface area (Å²) >= 11 is 1.42. The maximum atomic E-state index is 12.4. The molecule has 2 aromatic rings. The lowest BCUT2D eigenvalue weighted by Crippen LogP contribution is -2.25. The Kier molecular flexibility index (Phi) is 5.20. The summed E-state index contributed by atoms with van der Waals surface area (Å²) in [5, 5.41) is 14.3. The highest BCUT2D eigenvalue weighted by Gasteiger charge is 2.30. The van der Waals surface area contributed by atoms with E-state index < -0.39 is 23.8 Å². The van der Waals surface area contributed by atoms with Gasteiger partial charge in [-0.05, 0) is 42.1 Å². The molecule has 118 valence electrons. The van der Waals surface area contributed by atoms with E-state index in [0.717, 1.165) is 29.1 Å². The molecule has 0 aliphatic heterocycles. The van der Waals surface area contributed by atoms with Gasteiger partial charge in [0.15, 0.2) is 0 Å². The van der Waals surface area contributed by atoms with Crippen LogP contribution in [-0.2, 0) is 6.18 Å². The highest BCUT2D eigenvalue weighted by Crippen LogP contribution is 2.29. The fraction of sp³-hybridized carbons (Fsp3) is 0.267. The van der Waals surface area contributed by atoms with Gasteiger partial charge in [-0.3, -0.25) is 4.79 Å². The fourth-order valence-electron chi connectivity index (χ4n) is 1.86. The zero-order valence-corrected chi connectivity index (χ0v) is 12.2. The molecule has 1 aromatic heterocycles. The number of nitrogens with one attached hydrogen (secondary N) is 1. The third-order valence-corrected chi connectivity index (χ3v) is 4.02. The Morgan fingerprint density at radius 2 is 1.91 bits per heavy atom. The van der Waals surface area contributed by atoms with Crippen LogP contribution in [0.3, 0.4) is 0 Å². The quantitative estimate of drug-likeness (QED) is 0.880. The number of aliphatic hydroxyl groups excluding tert-OH is 1. The van der Waals surface area contributed by atoms with Crippen molar-refractivity contribution in [3.8, 4) is 0 Å². The number of hydrogen-bond donors (Lipinski definition) is 2. The monoisotopic (exact) mass is 329 g/mol. The van der Waals surface area contributed by atoms with Crippen molar-refractivity contribution in [2.24, 2.45) is 0 Å². The van der Waals surface area contributed by atoms with Crippen LogP contribution in [0.1, 0.15) is 33.3 Å². The van der Waals surface area contributed by atoms with Crippen molar-refractivity contribution in [3.63, 3.8) is 0 Å². The normalized spacial score (nSPS) is 12.9. The highest BCUT2D eigenvalue weighted by atomic mass is 32.1. The molecule has 0 bridgehead atoms. The van der Waals surface area contributed by atoms with Crippen molar-refractivity contribution in [1.82, 2.24) is 5.32 Å². The van der Waals surface area contributed by atoms with Crippen molar-refractivity contribution < 1.29 is 23.1 Å². The predicted molar refractivity (Wildman–Crippen MR) is 77.7 cm³/mol. The van der Waals surface area contributed by atoms with E-state index in [4.69, 9.17) is 0 Å². The van der Waals surface area contributed by atoms with Gasteiger partial charge in [0.05, 0.1) is 11.7 Å². The van der Waals surface area contributed by atoms with Crippen molar-refractivity contribution in [2.75, 3.05) is 6.54 Å². The van der Waals surface area contributed by atoms with E-state index in [0.29, 0.717) is 6.42 Å². The average molecular weight is 329 g/mol. The van der Waals surface area contributed by atoms with E-state index in [1.165, 1.54) is 11.3 Å². The fourth-order valence-corrected chi connectivity index (χ4v) is 2.60. The molecular formula is C15H14F3NO2S. The lowest BCUT2D eigenvalue weighted by Gasteiger charge is -2.10. The number of carbonyl (C=O) groups is 1. The summed E-state index contributed by atoms with van der Waals surface area (Å²) in [6.07, 6.45) is -4.74. The summed E-state index contributed by atoms with van der Waals surface area (Å²) in [6.45, 7) is 0.235.